The Kier molecular flexibility index (Phi) is 6.47. The Balaban J connectivity index is 2.18. The highest BCUT2D eigenvalue weighted by Crippen LogP contribution is 2.23. The van der Waals surface area contributed by atoms with E-state index in [2.05, 4.69) is 24.5 Å². The van der Waals surface area contributed by atoms with E-state index in [-0.39, 0.29) is 17.7 Å². The van der Waals surface area contributed by atoms with E-state index in [0.717, 1.165) is 32.4 Å². The summed E-state index contributed by atoms with van der Waals surface area (Å²) in [6.07, 6.45) is 2.62. The molecule has 1 amide bonds. The molecule has 1 aliphatic heterocycles. The monoisotopic (exact) mass is 300 g/mol. The molecule has 2 unspecified atom stereocenters. The molecular formula is C16H32N2O3. The van der Waals surface area contributed by atoms with E-state index in [1.165, 1.54) is 0 Å². The number of hydrogen-bond acceptors (Lipinski definition) is 4. The predicted octanol–water partition coefficient (Wildman–Crippen LogP) is 2.84. The van der Waals surface area contributed by atoms with Gasteiger partial charge < -0.3 is 20.1 Å². The zero-order valence-corrected chi connectivity index (χ0v) is 14.4. The molecule has 0 aliphatic carbocycles. The van der Waals surface area contributed by atoms with Crippen LogP contribution in [0.5, 0.6) is 0 Å². The molecule has 0 aromatic heterocycles. The maximum atomic E-state index is 11.6. The lowest BCUT2D eigenvalue weighted by Crippen LogP contribution is -2.45. The van der Waals surface area contributed by atoms with Crippen molar-refractivity contribution in [2.75, 3.05) is 13.2 Å². The number of amides is 1. The van der Waals surface area contributed by atoms with Crippen molar-refractivity contribution in [3.63, 3.8) is 0 Å². The number of alkyl carbamates (subject to hydrolysis) is 1. The lowest BCUT2D eigenvalue weighted by molar-refractivity contribution is -0.0628. The molecule has 1 saturated heterocycles. The molecule has 21 heavy (non-hydrogen) atoms. The van der Waals surface area contributed by atoms with Gasteiger partial charge in [-0.3, -0.25) is 0 Å². The number of nitrogens with one attached hydrogen (secondary N) is 2. The lowest BCUT2D eigenvalue weighted by atomic mass is 9.94. The van der Waals surface area contributed by atoms with Crippen LogP contribution in [0.3, 0.4) is 0 Å². The molecule has 0 aromatic carbocycles. The van der Waals surface area contributed by atoms with Gasteiger partial charge in [0.05, 0.1) is 5.60 Å². The smallest absolute Gasteiger partial charge is 0.407 e. The fourth-order valence-electron chi connectivity index (χ4n) is 2.49. The maximum Gasteiger partial charge on any atom is 0.407 e. The first-order chi connectivity index (χ1) is 9.57. The third-order valence-electron chi connectivity index (χ3n) is 3.47. The fourth-order valence-corrected chi connectivity index (χ4v) is 2.49. The zero-order valence-electron chi connectivity index (χ0n) is 14.4. The second-order valence-electron chi connectivity index (χ2n) is 7.59. The van der Waals surface area contributed by atoms with Gasteiger partial charge in [0.15, 0.2) is 0 Å². The van der Waals surface area contributed by atoms with Crippen LogP contribution in [0.15, 0.2) is 0 Å². The van der Waals surface area contributed by atoms with Crippen molar-refractivity contribution < 1.29 is 14.3 Å². The molecule has 2 N–H and O–H groups in total. The molecule has 1 aliphatic rings. The quantitative estimate of drug-likeness (QED) is 0.819. The summed E-state index contributed by atoms with van der Waals surface area (Å²) in [5.41, 5.74) is -0.480. The van der Waals surface area contributed by atoms with Gasteiger partial charge in [-0.15, -0.1) is 0 Å². The molecule has 5 heteroatoms. The molecule has 0 radical (unpaired) electrons. The average molecular weight is 300 g/mol. The van der Waals surface area contributed by atoms with E-state index in [4.69, 9.17) is 9.47 Å². The van der Waals surface area contributed by atoms with Crippen LogP contribution in [0.25, 0.3) is 0 Å². The SMILES string of the molecule is CC(CCNC1CCOC(C)(C)C1)NC(=O)OC(C)(C)C. The molecule has 5 nitrogen and oxygen atoms in total. The van der Waals surface area contributed by atoms with E-state index in [9.17, 15) is 4.79 Å². The lowest BCUT2D eigenvalue weighted by Gasteiger charge is -2.36. The topological polar surface area (TPSA) is 59.6 Å². The van der Waals surface area contributed by atoms with E-state index < -0.39 is 5.60 Å². The van der Waals surface area contributed by atoms with E-state index in [1.54, 1.807) is 0 Å². The third kappa shape index (κ3) is 8.27. The first-order valence-corrected chi connectivity index (χ1v) is 7.94. The van der Waals surface area contributed by atoms with Gasteiger partial charge in [0, 0.05) is 18.7 Å². The maximum absolute atomic E-state index is 11.6. The predicted molar refractivity (Wildman–Crippen MR) is 84.5 cm³/mol. The Morgan fingerprint density at radius 3 is 2.67 bits per heavy atom. The number of carbonyl (C=O) groups is 1. The molecule has 0 saturated carbocycles. The summed E-state index contributed by atoms with van der Waals surface area (Å²) >= 11 is 0. The van der Waals surface area contributed by atoms with Crippen molar-refractivity contribution in [1.29, 1.82) is 0 Å². The largest absolute Gasteiger partial charge is 0.444 e. The van der Waals surface area contributed by atoms with Crippen LogP contribution in [-0.4, -0.2) is 42.5 Å². The van der Waals surface area contributed by atoms with Crippen molar-refractivity contribution in [1.82, 2.24) is 10.6 Å². The normalized spacial score (nSPS) is 23.4. The minimum atomic E-state index is -0.449. The van der Waals surface area contributed by atoms with E-state index in [1.807, 2.05) is 27.7 Å². The van der Waals surface area contributed by atoms with Gasteiger partial charge in [0.2, 0.25) is 0 Å². The summed E-state index contributed by atoms with van der Waals surface area (Å²) in [7, 11) is 0. The average Bonchev–Trinajstić information content (AvgIpc) is 2.24. The molecule has 124 valence electrons. The van der Waals surface area contributed by atoms with Crippen LogP contribution in [0.2, 0.25) is 0 Å². The third-order valence-corrected chi connectivity index (χ3v) is 3.47. The van der Waals surface area contributed by atoms with Gasteiger partial charge in [-0.1, -0.05) is 0 Å². The summed E-state index contributed by atoms with van der Waals surface area (Å²) < 4.78 is 11.0. The Bertz CT molecular complexity index is 337. The van der Waals surface area contributed by atoms with E-state index in [0.29, 0.717) is 6.04 Å². The number of ether oxygens (including phenoxy) is 2. The molecule has 2 atom stereocenters. The van der Waals surface area contributed by atoms with Crippen molar-refractivity contribution in [2.24, 2.45) is 0 Å². The van der Waals surface area contributed by atoms with Gasteiger partial charge in [0.25, 0.3) is 0 Å². The Morgan fingerprint density at radius 1 is 1.43 bits per heavy atom. The van der Waals surface area contributed by atoms with Gasteiger partial charge in [-0.2, -0.15) is 0 Å². The summed E-state index contributed by atoms with van der Waals surface area (Å²) in [4.78, 5) is 11.6. The van der Waals surface area contributed by atoms with Gasteiger partial charge in [0.1, 0.15) is 5.60 Å². The fraction of sp³-hybridized carbons (Fsp3) is 0.938. The molecule has 0 spiro atoms. The highest BCUT2D eigenvalue weighted by molar-refractivity contribution is 5.67. The summed E-state index contributed by atoms with van der Waals surface area (Å²) in [6, 6.07) is 0.600. The molecule has 0 bridgehead atoms. The van der Waals surface area contributed by atoms with Crippen LogP contribution in [0, 0.1) is 0 Å². The van der Waals surface area contributed by atoms with Crippen molar-refractivity contribution >= 4 is 6.09 Å². The highest BCUT2D eigenvalue weighted by atomic mass is 16.6. The second kappa shape index (κ2) is 7.45. The van der Waals surface area contributed by atoms with Crippen molar-refractivity contribution in [3.05, 3.63) is 0 Å². The summed E-state index contributed by atoms with van der Waals surface area (Å²) in [5.74, 6) is 0. The van der Waals surface area contributed by atoms with Crippen molar-refractivity contribution in [2.45, 2.75) is 84.1 Å². The standard InChI is InChI=1S/C16H32N2O3/c1-12(18-14(19)21-15(2,3)4)7-9-17-13-8-10-20-16(5,6)11-13/h12-13,17H,7-11H2,1-6H3,(H,18,19). The van der Waals surface area contributed by atoms with Crippen LogP contribution >= 0.6 is 0 Å². The Hall–Kier alpha value is -0.810. The highest BCUT2D eigenvalue weighted by Gasteiger charge is 2.28. The first-order valence-electron chi connectivity index (χ1n) is 7.94. The molecule has 1 fully saturated rings. The minimum absolute atomic E-state index is 0.0315. The van der Waals surface area contributed by atoms with Gasteiger partial charge in [-0.25, -0.2) is 4.79 Å². The van der Waals surface area contributed by atoms with Crippen LogP contribution in [0.4, 0.5) is 4.79 Å². The minimum Gasteiger partial charge on any atom is -0.444 e. The molecule has 1 rings (SSSR count). The summed E-state index contributed by atoms with van der Waals surface area (Å²) in [6.45, 7) is 13.6. The van der Waals surface area contributed by atoms with Crippen LogP contribution in [-0.2, 0) is 9.47 Å². The zero-order chi connectivity index (χ0) is 16.1. The number of hydrogen-bond donors (Lipinski definition) is 2. The number of rotatable bonds is 5. The molecular weight excluding hydrogens is 268 g/mol. The molecule has 0 aromatic rings. The van der Waals surface area contributed by atoms with Crippen LogP contribution in [0.1, 0.15) is 60.8 Å². The van der Waals surface area contributed by atoms with Crippen molar-refractivity contribution in [3.8, 4) is 0 Å². The van der Waals surface area contributed by atoms with Gasteiger partial charge >= 0.3 is 6.09 Å². The van der Waals surface area contributed by atoms with Gasteiger partial charge in [-0.05, 0) is 67.3 Å². The summed E-state index contributed by atoms with van der Waals surface area (Å²) in [5, 5.41) is 6.42. The Morgan fingerprint density at radius 2 is 2.10 bits per heavy atom. The molecule has 1 heterocycles. The number of carbonyl (C=O) groups excluding carboxylic acids is 1. The second-order valence-corrected chi connectivity index (χ2v) is 7.59. The Labute approximate surface area is 129 Å². The van der Waals surface area contributed by atoms with Crippen LogP contribution < -0.4 is 10.6 Å². The first kappa shape index (κ1) is 18.2. The van der Waals surface area contributed by atoms with E-state index >= 15 is 0 Å².